The summed E-state index contributed by atoms with van der Waals surface area (Å²) >= 11 is 0. The van der Waals surface area contributed by atoms with E-state index in [2.05, 4.69) is 17.2 Å². The highest BCUT2D eigenvalue weighted by Gasteiger charge is 2.35. The molecule has 1 heterocycles. The standard InChI is InChI=1S/C35H50N4O9.ClH/c1-8-15-38-30-24-16-20(2)17-28(46-7)33(47-29(41)13-10-14-36)23(5)18-22(4)32(48-35(37)44)27(45-6)12-9-11-21(3)34(43)39-25(31(24)42)19-26(30)40;/h8-9,11-12,18-20,23,27-28,32-33,38H,1,10,13-17,36H2,2-7H3,(H2,37,44)(H,39,43);1H/b12-9-,21-11+,22-18+;/t20-,23-,27-,28-,32-,33+;/m1./s1. The SMILES string of the molecule is C=CCNC1=C2C[C@@H](C)C[C@@H](OC)[C@@H](OC(=O)CCCN)[C@H](C)/C=C(\C)[C@@H](OC(N)=O)[C@H](OC)/C=C\C=C(/C)C(=O)NC(=CC1=O)C2=O.Cl. The van der Waals surface area contributed by atoms with Crippen LogP contribution in [-0.4, -0.2) is 81.3 Å². The Kier molecular flexibility index (Phi) is 18.5. The van der Waals surface area contributed by atoms with Crippen molar-refractivity contribution in [1.82, 2.24) is 10.6 Å². The molecule has 6 atom stereocenters. The van der Waals surface area contributed by atoms with Crippen LogP contribution in [0, 0.1) is 11.8 Å². The second-order valence-corrected chi connectivity index (χ2v) is 12.0. The van der Waals surface area contributed by atoms with Crippen molar-refractivity contribution in [2.24, 2.45) is 23.3 Å². The molecule has 2 amide bonds. The van der Waals surface area contributed by atoms with Crippen molar-refractivity contribution in [3.05, 3.63) is 71.1 Å². The van der Waals surface area contributed by atoms with Crippen molar-refractivity contribution in [3.63, 3.8) is 0 Å². The molecule has 13 nitrogen and oxygen atoms in total. The summed E-state index contributed by atoms with van der Waals surface area (Å²) in [7, 11) is 2.92. The summed E-state index contributed by atoms with van der Waals surface area (Å²) in [5.41, 5.74) is 12.0. The number of methoxy groups -OCH3 is 2. The lowest BCUT2D eigenvalue weighted by atomic mass is 9.85. The number of nitrogens with two attached hydrogens (primary N) is 2. The van der Waals surface area contributed by atoms with Gasteiger partial charge in [-0.15, -0.1) is 19.0 Å². The quantitative estimate of drug-likeness (QED) is 0.148. The van der Waals surface area contributed by atoms with Crippen molar-refractivity contribution in [2.75, 3.05) is 27.3 Å². The first-order valence-electron chi connectivity index (χ1n) is 15.9. The molecule has 0 spiro atoms. The van der Waals surface area contributed by atoms with E-state index in [1.165, 1.54) is 20.3 Å². The number of fused-ring (bicyclic) bond motifs is 2. The van der Waals surface area contributed by atoms with Gasteiger partial charge in [0.15, 0.2) is 6.10 Å². The lowest BCUT2D eigenvalue weighted by molar-refractivity contribution is -0.160. The molecule has 1 aliphatic heterocycles. The van der Waals surface area contributed by atoms with Crippen molar-refractivity contribution in [2.45, 2.75) is 77.8 Å². The van der Waals surface area contributed by atoms with E-state index in [9.17, 15) is 24.0 Å². The number of halogens is 1. The predicted octanol–water partition coefficient (Wildman–Crippen LogP) is 3.25. The van der Waals surface area contributed by atoms with E-state index in [-0.39, 0.29) is 60.3 Å². The van der Waals surface area contributed by atoms with E-state index in [1.807, 2.05) is 13.8 Å². The van der Waals surface area contributed by atoms with E-state index in [1.54, 1.807) is 38.2 Å². The van der Waals surface area contributed by atoms with Crippen molar-refractivity contribution in [1.29, 1.82) is 0 Å². The molecule has 0 aromatic rings. The molecule has 0 saturated carbocycles. The number of primary amides is 1. The molecular weight excluding hydrogens is 656 g/mol. The van der Waals surface area contributed by atoms with E-state index in [0.717, 1.165) is 6.08 Å². The molecular formula is C35H51ClN4O9. The fraction of sp³-hybridized carbons (Fsp3) is 0.514. The molecule has 14 heteroatoms. The molecule has 0 aromatic carbocycles. The summed E-state index contributed by atoms with van der Waals surface area (Å²) in [6.45, 7) is 11.2. The first-order chi connectivity index (χ1) is 22.8. The van der Waals surface area contributed by atoms with Crippen LogP contribution in [0.3, 0.4) is 0 Å². The molecule has 0 aromatic heterocycles. The number of esters is 1. The molecule has 2 aliphatic rings. The Hall–Kier alpha value is -4.04. The van der Waals surface area contributed by atoms with Gasteiger partial charge in [0.05, 0.1) is 17.5 Å². The van der Waals surface area contributed by atoms with Crippen LogP contribution in [0.5, 0.6) is 0 Å². The van der Waals surface area contributed by atoms with Crippen LogP contribution in [-0.2, 0) is 38.1 Å². The number of carbonyl (C=O) groups excluding carboxylic acids is 5. The Morgan fingerprint density at radius 2 is 1.82 bits per heavy atom. The molecule has 49 heavy (non-hydrogen) atoms. The average Bonchev–Trinajstić information content (AvgIpc) is 3.03. The summed E-state index contributed by atoms with van der Waals surface area (Å²) in [4.78, 5) is 64.9. The molecule has 6 N–H and O–H groups in total. The largest absolute Gasteiger partial charge is 0.459 e. The summed E-state index contributed by atoms with van der Waals surface area (Å²) in [6, 6.07) is 0. The minimum Gasteiger partial charge on any atom is -0.459 e. The topological polar surface area (TPSA) is 198 Å². The fourth-order valence-corrected chi connectivity index (χ4v) is 5.58. The number of hydrogen-bond donors (Lipinski definition) is 4. The maximum absolute atomic E-state index is 13.8. The first-order valence-corrected chi connectivity index (χ1v) is 15.9. The number of hydrogen-bond acceptors (Lipinski definition) is 11. The van der Waals surface area contributed by atoms with Crippen molar-refractivity contribution in [3.8, 4) is 0 Å². The number of ether oxygens (including phenoxy) is 4. The van der Waals surface area contributed by atoms with Gasteiger partial charge >= 0.3 is 12.1 Å². The van der Waals surface area contributed by atoms with Crippen LogP contribution in [0.4, 0.5) is 4.79 Å². The molecule has 1 aliphatic carbocycles. The van der Waals surface area contributed by atoms with Crippen LogP contribution in [0.25, 0.3) is 0 Å². The van der Waals surface area contributed by atoms with Gasteiger partial charge in [-0.3, -0.25) is 19.2 Å². The number of Topliss-reactive ketones (excluding diaryl/α,β-unsaturated/α-hetero) is 1. The van der Waals surface area contributed by atoms with E-state index < -0.39 is 59.9 Å². The smallest absolute Gasteiger partial charge is 0.405 e. The third-order valence-electron chi connectivity index (χ3n) is 8.03. The van der Waals surface area contributed by atoms with Crippen LogP contribution in [0.15, 0.2) is 71.1 Å². The first kappa shape index (κ1) is 43.0. The van der Waals surface area contributed by atoms with Gasteiger partial charge in [0.2, 0.25) is 11.6 Å². The lowest BCUT2D eigenvalue weighted by Crippen LogP contribution is -2.40. The number of amides is 2. The molecule has 0 unspecified atom stereocenters. The molecule has 272 valence electrons. The third-order valence-corrected chi connectivity index (χ3v) is 8.03. The fourth-order valence-electron chi connectivity index (χ4n) is 5.58. The molecule has 0 radical (unpaired) electrons. The van der Waals surface area contributed by atoms with Gasteiger partial charge in [-0.05, 0) is 51.1 Å². The highest BCUT2D eigenvalue weighted by molar-refractivity contribution is 6.23. The second kappa shape index (κ2) is 21.1. The Bertz CT molecular complexity index is 1380. The number of carbonyl (C=O) groups is 5. The monoisotopic (exact) mass is 706 g/mol. The minimum absolute atomic E-state index is 0. The highest BCUT2D eigenvalue weighted by atomic mass is 35.5. The number of ketones is 2. The number of allylic oxidation sites excluding steroid dienone is 4. The minimum atomic E-state index is -1.02. The number of nitrogens with one attached hydrogen (secondary N) is 2. The van der Waals surface area contributed by atoms with E-state index in [0.29, 0.717) is 25.0 Å². The van der Waals surface area contributed by atoms with Crippen LogP contribution in [0.2, 0.25) is 0 Å². The van der Waals surface area contributed by atoms with Gasteiger partial charge in [-0.25, -0.2) is 4.79 Å². The van der Waals surface area contributed by atoms with Gasteiger partial charge in [0.1, 0.15) is 12.2 Å². The second-order valence-electron chi connectivity index (χ2n) is 12.0. The Morgan fingerprint density at radius 3 is 2.41 bits per heavy atom. The van der Waals surface area contributed by atoms with Gasteiger partial charge < -0.3 is 41.0 Å². The average molecular weight is 707 g/mol. The van der Waals surface area contributed by atoms with Gasteiger partial charge in [-0.2, -0.15) is 0 Å². The van der Waals surface area contributed by atoms with E-state index in [4.69, 9.17) is 30.4 Å². The van der Waals surface area contributed by atoms with Crippen molar-refractivity contribution >= 4 is 41.9 Å². The normalized spacial score (nSPS) is 28.4. The zero-order valence-electron chi connectivity index (χ0n) is 29.1. The number of rotatable bonds is 10. The summed E-state index contributed by atoms with van der Waals surface area (Å²) < 4.78 is 23.0. The zero-order valence-corrected chi connectivity index (χ0v) is 29.9. The zero-order chi connectivity index (χ0) is 36.0. The molecule has 0 fully saturated rings. The van der Waals surface area contributed by atoms with Gasteiger partial charge in [0.25, 0.3) is 5.91 Å². The Morgan fingerprint density at radius 1 is 1.12 bits per heavy atom. The predicted molar refractivity (Wildman–Crippen MR) is 187 cm³/mol. The summed E-state index contributed by atoms with van der Waals surface area (Å²) in [6.07, 6.45) is 5.81. The van der Waals surface area contributed by atoms with Gasteiger partial charge in [-0.1, -0.05) is 44.2 Å². The molecule has 0 saturated heterocycles. The maximum atomic E-state index is 13.8. The highest BCUT2D eigenvalue weighted by Crippen LogP contribution is 2.30. The lowest BCUT2D eigenvalue weighted by Gasteiger charge is -2.32. The summed E-state index contributed by atoms with van der Waals surface area (Å²) in [5, 5.41) is 5.55. The third kappa shape index (κ3) is 12.7. The Balaban J connectivity index is 0.0000120. The van der Waals surface area contributed by atoms with Crippen LogP contribution >= 0.6 is 12.4 Å². The Labute approximate surface area is 294 Å². The van der Waals surface area contributed by atoms with Gasteiger partial charge in [0, 0.05) is 50.3 Å². The summed E-state index contributed by atoms with van der Waals surface area (Å²) in [5.74, 6) is -2.75. The van der Waals surface area contributed by atoms with Crippen LogP contribution in [0.1, 0.15) is 53.4 Å². The molecule has 2 bridgehead atoms. The maximum Gasteiger partial charge on any atom is 0.405 e. The van der Waals surface area contributed by atoms with Crippen molar-refractivity contribution < 1.29 is 42.9 Å². The van der Waals surface area contributed by atoms with E-state index >= 15 is 0 Å². The van der Waals surface area contributed by atoms with Crippen LogP contribution < -0.4 is 22.1 Å². The molecule has 2 rings (SSSR count).